The minimum absolute atomic E-state index is 0.0538. The quantitative estimate of drug-likeness (QED) is 0.829. The molecular formula is C15H14Cl2N2O2S. The van der Waals surface area contributed by atoms with Gasteiger partial charge in [-0.2, -0.15) is 0 Å². The predicted octanol–water partition coefficient (Wildman–Crippen LogP) is 4.13. The van der Waals surface area contributed by atoms with Crippen molar-refractivity contribution in [1.82, 2.24) is 9.88 Å². The molecule has 1 saturated heterocycles. The van der Waals surface area contributed by atoms with Gasteiger partial charge >= 0.3 is 0 Å². The summed E-state index contributed by atoms with van der Waals surface area (Å²) in [6.07, 6.45) is 1.71. The Morgan fingerprint density at radius 1 is 1.23 bits per heavy atom. The third-order valence-electron chi connectivity index (χ3n) is 3.50. The van der Waals surface area contributed by atoms with Crippen molar-refractivity contribution in [2.45, 2.75) is 18.9 Å². The van der Waals surface area contributed by atoms with Crippen LogP contribution in [0, 0.1) is 0 Å². The SMILES string of the molecule is O=C(c1nc(Cl)cs1)N1CCC(Oc2ccc(Cl)cc2)CC1. The van der Waals surface area contributed by atoms with Gasteiger partial charge in [-0.15, -0.1) is 11.3 Å². The Labute approximate surface area is 142 Å². The van der Waals surface area contributed by atoms with Crippen molar-refractivity contribution in [2.24, 2.45) is 0 Å². The Kier molecular flexibility index (Phi) is 4.86. The Bertz CT molecular complexity index is 652. The molecule has 22 heavy (non-hydrogen) atoms. The Morgan fingerprint density at radius 3 is 2.50 bits per heavy atom. The van der Waals surface area contributed by atoms with Crippen LogP contribution in [0.5, 0.6) is 5.75 Å². The van der Waals surface area contributed by atoms with Gasteiger partial charge in [0.05, 0.1) is 0 Å². The molecule has 0 spiro atoms. The molecule has 1 fully saturated rings. The highest BCUT2D eigenvalue weighted by Crippen LogP contribution is 2.23. The first kappa shape index (κ1) is 15.6. The number of aromatic nitrogens is 1. The average molecular weight is 357 g/mol. The molecule has 0 aliphatic carbocycles. The van der Waals surface area contributed by atoms with E-state index in [1.165, 1.54) is 11.3 Å². The number of halogens is 2. The summed E-state index contributed by atoms with van der Waals surface area (Å²) in [4.78, 5) is 18.1. The highest BCUT2D eigenvalue weighted by molar-refractivity contribution is 7.12. The van der Waals surface area contributed by atoms with Crippen LogP contribution in [-0.2, 0) is 0 Å². The Hall–Kier alpha value is -1.30. The second-order valence-corrected chi connectivity index (χ2v) is 6.72. The first-order valence-corrected chi connectivity index (χ1v) is 8.58. The summed E-state index contributed by atoms with van der Waals surface area (Å²) in [6.45, 7) is 1.32. The van der Waals surface area contributed by atoms with Gasteiger partial charge < -0.3 is 9.64 Å². The zero-order chi connectivity index (χ0) is 15.5. The summed E-state index contributed by atoms with van der Waals surface area (Å²) in [7, 11) is 0. The maximum atomic E-state index is 12.3. The zero-order valence-electron chi connectivity index (χ0n) is 11.7. The van der Waals surface area contributed by atoms with E-state index in [1.807, 2.05) is 24.3 Å². The molecule has 0 atom stereocenters. The normalized spacial score (nSPS) is 15.8. The molecular weight excluding hydrogens is 343 g/mol. The Morgan fingerprint density at radius 2 is 1.91 bits per heavy atom. The van der Waals surface area contributed by atoms with Crippen molar-refractivity contribution in [1.29, 1.82) is 0 Å². The van der Waals surface area contributed by atoms with E-state index in [2.05, 4.69) is 4.98 Å². The van der Waals surface area contributed by atoms with Crippen molar-refractivity contribution in [3.05, 3.63) is 44.8 Å². The van der Waals surface area contributed by atoms with Gasteiger partial charge in [0.2, 0.25) is 0 Å². The number of ether oxygens (including phenoxy) is 1. The molecule has 0 unspecified atom stereocenters. The Balaban J connectivity index is 1.54. The summed E-state index contributed by atoms with van der Waals surface area (Å²) < 4.78 is 5.92. The lowest BCUT2D eigenvalue weighted by Crippen LogP contribution is -2.41. The first-order valence-electron chi connectivity index (χ1n) is 6.94. The fourth-order valence-electron chi connectivity index (χ4n) is 2.37. The van der Waals surface area contributed by atoms with Gasteiger partial charge in [-0.1, -0.05) is 23.2 Å². The highest BCUT2D eigenvalue weighted by atomic mass is 35.5. The minimum Gasteiger partial charge on any atom is -0.490 e. The molecule has 2 heterocycles. The number of hydrogen-bond donors (Lipinski definition) is 0. The molecule has 0 N–H and O–H groups in total. The molecule has 1 aromatic carbocycles. The molecule has 0 saturated carbocycles. The van der Waals surface area contributed by atoms with E-state index in [0.717, 1.165) is 18.6 Å². The van der Waals surface area contributed by atoms with Gasteiger partial charge in [0.1, 0.15) is 17.0 Å². The number of likely N-dealkylation sites (tertiary alicyclic amines) is 1. The van der Waals surface area contributed by atoms with Gasteiger partial charge in [0.15, 0.2) is 5.01 Å². The monoisotopic (exact) mass is 356 g/mol. The van der Waals surface area contributed by atoms with Crippen LogP contribution in [-0.4, -0.2) is 35.0 Å². The van der Waals surface area contributed by atoms with Crippen LogP contribution in [0.2, 0.25) is 10.2 Å². The number of amides is 1. The van der Waals surface area contributed by atoms with Crippen LogP contribution in [0.25, 0.3) is 0 Å². The third-order valence-corrected chi connectivity index (χ3v) is 4.91. The van der Waals surface area contributed by atoms with Crippen LogP contribution >= 0.6 is 34.5 Å². The zero-order valence-corrected chi connectivity index (χ0v) is 14.0. The summed E-state index contributed by atoms with van der Waals surface area (Å²) in [5.74, 6) is 0.753. The number of thiazole rings is 1. The molecule has 1 aliphatic rings. The van der Waals surface area contributed by atoms with Gasteiger partial charge in [-0.3, -0.25) is 4.79 Å². The predicted molar refractivity (Wildman–Crippen MR) is 88.1 cm³/mol. The number of piperidine rings is 1. The fourth-order valence-corrected chi connectivity index (χ4v) is 3.41. The third kappa shape index (κ3) is 3.72. The van der Waals surface area contributed by atoms with E-state index in [4.69, 9.17) is 27.9 Å². The molecule has 116 valence electrons. The summed E-state index contributed by atoms with van der Waals surface area (Å²) in [5.41, 5.74) is 0. The lowest BCUT2D eigenvalue weighted by Gasteiger charge is -2.31. The maximum Gasteiger partial charge on any atom is 0.282 e. The molecule has 1 amide bonds. The van der Waals surface area contributed by atoms with Crippen molar-refractivity contribution in [3.8, 4) is 5.75 Å². The van der Waals surface area contributed by atoms with Crippen molar-refractivity contribution >= 4 is 40.4 Å². The average Bonchev–Trinajstić information content (AvgIpc) is 2.96. The summed E-state index contributed by atoms with van der Waals surface area (Å²) in [6, 6.07) is 7.33. The van der Waals surface area contributed by atoms with E-state index in [0.29, 0.717) is 28.3 Å². The molecule has 2 aromatic rings. The van der Waals surface area contributed by atoms with Crippen LogP contribution in [0.15, 0.2) is 29.6 Å². The standard InChI is InChI=1S/C15H14Cl2N2O2S/c16-10-1-3-11(4-2-10)21-12-5-7-19(8-6-12)15(20)14-18-13(17)9-22-14/h1-4,9,12H,5-8H2. The highest BCUT2D eigenvalue weighted by Gasteiger charge is 2.26. The lowest BCUT2D eigenvalue weighted by molar-refractivity contribution is 0.0595. The lowest BCUT2D eigenvalue weighted by atomic mass is 10.1. The molecule has 4 nitrogen and oxygen atoms in total. The van der Waals surface area contributed by atoms with E-state index >= 15 is 0 Å². The van der Waals surface area contributed by atoms with E-state index in [1.54, 1.807) is 10.3 Å². The number of rotatable bonds is 3. The van der Waals surface area contributed by atoms with Crippen molar-refractivity contribution in [3.63, 3.8) is 0 Å². The van der Waals surface area contributed by atoms with Crippen molar-refractivity contribution in [2.75, 3.05) is 13.1 Å². The number of nitrogens with zero attached hydrogens (tertiary/aromatic N) is 2. The number of carbonyl (C=O) groups is 1. The van der Waals surface area contributed by atoms with Crippen LogP contribution < -0.4 is 4.74 Å². The van der Waals surface area contributed by atoms with Crippen LogP contribution in [0.1, 0.15) is 22.6 Å². The number of benzene rings is 1. The summed E-state index contributed by atoms with van der Waals surface area (Å²) >= 11 is 12.9. The smallest absolute Gasteiger partial charge is 0.282 e. The van der Waals surface area contributed by atoms with E-state index in [9.17, 15) is 4.79 Å². The minimum atomic E-state index is -0.0538. The van der Waals surface area contributed by atoms with E-state index in [-0.39, 0.29) is 12.0 Å². The topological polar surface area (TPSA) is 42.4 Å². The second kappa shape index (κ2) is 6.86. The van der Waals surface area contributed by atoms with Gasteiger partial charge in [0.25, 0.3) is 5.91 Å². The molecule has 1 aliphatic heterocycles. The second-order valence-electron chi connectivity index (χ2n) is 5.04. The van der Waals surface area contributed by atoms with E-state index < -0.39 is 0 Å². The summed E-state index contributed by atoms with van der Waals surface area (Å²) in [5, 5.41) is 3.18. The van der Waals surface area contributed by atoms with Crippen LogP contribution in [0.4, 0.5) is 0 Å². The fraction of sp³-hybridized carbons (Fsp3) is 0.333. The first-order chi connectivity index (χ1) is 10.6. The molecule has 3 rings (SSSR count). The van der Waals surface area contributed by atoms with Crippen molar-refractivity contribution < 1.29 is 9.53 Å². The van der Waals surface area contributed by atoms with Gasteiger partial charge in [-0.25, -0.2) is 4.98 Å². The van der Waals surface area contributed by atoms with Gasteiger partial charge in [0, 0.05) is 36.3 Å². The number of hydrogen-bond acceptors (Lipinski definition) is 4. The maximum absolute atomic E-state index is 12.3. The molecule has 0 radical (unpaired) electrons. The molecule has 1 aromatic heterocycles. The largest absolute Gasteiger partial charge is 0.490 e. The van der Waals surface area contributed by atoms with Crippen LogP contribution in [0.3, 0.4) is 0 Å². The molecule has 7 heteroatoms. The van der Waals surface area contributed by atoms with Gasteiger partial charge in [-0.05, 0) is 24.3 Å². The number of carbonyl (C=O) groups excluding carboxylic acids is 1. The molecule has 0 bridgehead atoms.